The first-order chi connectivity index (χ1) is 10.1. The first-order valence-electron chi connectivity index (χ1n) is 7.38. The van der Waals surface area contributed by atoms with Gasteiger partial charge < -0.3 is 9.30 Å². The molecule has 0 atom stereocenters. The van der Waals surface area contributed by atoms with Crippen LogP contribution in [0.5, 0.6) is 0 Å². The van der Waals surface area contributed by atoms with Gasteiger partial charge >= 0.3 is 5.97 Å². The zero-order valence-electron chi connectivity index (χ0n) is 12.4. The van der Waals surface area contributed by atoms with E-state index >= 15 is 0 Å². The molecule has 3 rings (SSSR count). The molecule has 0 saturated heterocycles. The van der Waals surface area contributed by atoms with Gasteiger partial charge in [0.2, 0.25) is 0 Å². The lowest BCUT2D eigenvalue weighted by molar-refractivity contribution is -0.150. The fourth-order valence-corrected chi connectivity index (χ4v) is 3.36. The predicted molar refractivity (Wildman–Crippen MR) is 77.5 cm³/mol. The van der Waals surface area contributed by atoms with Crippen LogP contribution in [0.1, 0.15) is 38.4 Å². The molecule has 0 radical (unpaired) electrons. The van der Waals surface area contributed by atoms with Crippen molar-refractivity contribution in [2.45, 2.75) is 38.0 Å². The Labute approximate surface area is 122 Å². The first kappa shape index (κ1) is 14.0. The summed E-state index contributed by atoms with van der Waals surface area (Å²) in [4.78, 5) is 17.1. The van der Waals surface area contributed by atoms with Crippen molar-refractivity contribution in [1.29, 1.82) is 0 Å². The van der Waals surface area contributed by atoms with Crippen LogP contribution in [0.3, 0.4) is 0 Å². The first-order valence-corrected chi connectivity index (χ1v) is 7.38. The maximum Gasteiger partial charge on any atom is 0.319 e. The van der Waals surface area contributed by atoms with Gasteiger partial charge in [0, 0.05) is 7.05 Å². The van der Waals surface area contributed by atoms with Crippen LogP contribution in [0.25, 0.3) is 11.0 Å². The number of aryl methyl sites for hydroxylation is 1. The van der Waals surface area contributed by atoms with Gasteiger partial charge in [-0.15, -0.1) is 0 Å². The SMILES string of the molecule is CCOC(=O)C1(c2nc3ccc(F)cc3n2C)CCCC1. The van der Waals surface area contributed by atoms with E-state index in [0.29, 0.717) is 23.5 Å². The van der Waals surface area contributed by atoms with E-state index in [1.165, 1.54) is 12.1 Å². The van der Waals surface area contributed by atoms with E-state index in [-0.39, 0.29) is 11.8 Å². The van der Waals surface area contributed by atoms with E-state index in [0.717, 1.165) is 25.7 Å². The Hall–Kier alpha value is -1.91. The van der Waals surface area contributed by atoms with Crippen molar-refractivity contribution in [3.05, 3.63) is 29.8 Å². The van der Waals surface area contributed by atoms with Gasteiger partial charge in [-0.05, 0) is 38.0 Å². The minimum Gasteiger partial charge on any atom is -0.465 e. The fraction of sp³-hybridized carbons (Fsp3) is 0.500. The molecule has 1 aliphatic rings. The standard InChI is InChI=1S/C16H19FN2O2/c1-3-21-15(20)16(8-4-5-9-16)14-18-12-7-6-11(17)10-13(12)19(14)2/h6-7,10H,3-5,8-9H2,1-2H3. The maximum atomic E-state index is 13.4. The molecule has 1 aliphatic carbocycles. The quantitative estimate of drug-likeness (QED) is 0.816. The average molecular weight is 290 g/mol. The number of nitrogens with zero attached hydrogens (tertiary/aromatic N) is 2. The molecule has 0 bridgehead atoms. The third kappa shape index (κ3) is 2.11. The molecule has 0 N–H and O–H groups in total. The van der Waals surface area contributed by atoms with Gasteiger partial charge in [0.25, 0.3) is 0 Å². The van der Waals surface area contributed by atoms with Gasteiger partial charge in [0.15, 0.2) is 0 Å². The van der Waals surface area contributed by atoms with Gasteiger partial charge in [0.05, 0.1) is 17.6 Å². The Bertz CT molecular complexity index is 687. The summed E-state index contributed by atoms with van der Waals surface area (Å²) < 4.78 is 20.6. The van der Waals surface area contributed by atoms with E-state index in [1.54, 1.807) is 6.07 Å². The lowest BCUT2D eigenvalue weighted by Gasteiger charge is -2.25. The molecule has 2 aromatic rings. The van der Waals surface area contributed by atoms with Crippen LogP contribution < -0.4 is 0 Å². The van der Waals surface area contributed by atoms with Crippen LogP contribution >= 0.6 is 0 Å². The van der Waals surface area contributed by atoms with Crippen molar-refractivity contribution in [2.75, 3.05) is 6.61 Å². The summed E-state index contributed by atoms with van der Waals surface area (Å²) in [5.74, 6) is 0.189. The van der Waals surface area contributed by atoms with Crippen molar-refractivity contribution in [1.82, 2.24) is 9.55 Å². The molecule has 1 heterocycles. The highest BCUT2D eigenvalue weighted by Gasteiger charge is 2.47. The van der Waals surface area contributed by atoms with Gasteiger partial charge in [0.1, 0.15) is 17.1 Å². The van der Waals surface area contributed by atoms with Crippen molar-refractivity contribution in [2.24, 2.45) is 7.05 Å². The zero-order valence-corrected chi connectivity index (χ0v) is 12.4. The minimum atomic E-state index is -0.680. The number of fused-ring (bicyclic) bond motifs is 1. The lowest BCUT2D eigenvalue weighted by Crippen LogP contribution is -2.37. The summed E-state index contributed by atoms with van der Waals surface area (Å²) in [7, 11) is 1.84. The number of aromatic nitrogens is 2. The Balaban J connectivity index is 2.16. The monoisotopic (exact) mass is 290 g/mol. The number of hydrogen-bond donors (Lipinski definition) is 0. The van der Waals surface area contributed by atoms with Crippen LogP contribution in [0, 0.1) is 5.82 Å². The summed E-state index contributed by atoms with van der Waals surface area (Å²) in [6, 6.07) is 4.51. The molecule has 0 amide bonds. The van der Waals surface area contributed by atoms with E-state index in [4.69, 9.17) is 4.74 Å². The van der Waals surface area contributed by atoms with Crippen LogP contribution in [-0.2, 0) is 22.0 Å². The van der Waals surface area contributed by atoms with E-state index in [1.807, 2.05) is 18.5 Å². The summed E-state index contributed by atoms with van der Waals surface area (Å²) in [6.45, 7) is 2.17. The third-order valence-electron chi connectivity index (χ3n) is 4.39. The number of carbonyl (C=O) groups excluding carboxylic acids is 1. The van der Waals surface area contributed by atoms with E-state index in [9.17, 15) is 9.18 Å². The highest BCUT2D eigenvalue weighted by atomic mass is 19.1. The van der Waals surface area contributed by atoms with Crippen LogP contribution in [-0.4, -0.2) is 22.1 Å². The van der Waals surface area contributed by atoms with Crippen molar-refractivity contribution < 1.29 is 13.9 Å². The normalized spacial score (nSPS) is 17.3. The van der Waals surface area contributed by atoms with Crippen LogP contribution in [0.15, 0.2) is 18.2 Å². The van der Waals surface area contributed by atoms with Gasteiger partial charge in [-0.2, -0.15) is 0 Å². The number of rotatable bonds is 3. The number of hydrogen-bond acceptors (Lipinski definition) is 3. The second-order valence-corrected chi connectivity index (χ2v) is 5.64. The average Bonchev–Trinajstić information content (AvgIpc) is 3.06. The summed E-state index contributed by atoms with van der Waals surface area (Å²) in [6.07, 6.45) is 3.45. The molecule has 1 aromatic carbocycles. The molecule has 5 heteroatoms. The molecule has 1 aromatic heterocycles. The largest absolute Gasteiger partial charge is 0.465 e. The minimum absolute atomic E-state index is 0.207. The number of carbonyl (C=O) groups is 1. The highest BCUT2D eigenvalue weighted by Crippen LogP contribution is 2.42. The Morgan fingerprint density at radius 3 is 2.81 bits per heavy atom. The van der Waals surface area contributed by atoms with Crippen molar-refractivity contribution in [3.8, 4) is 0 Å². The summed E-state index contributed by atoms with van der Waals surface area (Å²) >= 11 is 0. The van der Waals surface area contributed by atoms with E-state index in [2.05, 4.69) is 4.98 Å². The fourth-order valence-electron chi connectivity index (χ4n) is 3.36. The molecular formula is C16H19FN2O2. The number of esters is 1. The molecule has 112 valence electrons. The van der Waals surface area contributed by atoms with Gasteiger partial charge in [-0.1, -0.05) is 12.8 Å². The molecule has 0 spiro atoms. The van der Waals surface area contributed by atoms with Crippen LogP contribution in [0.2, 0.25) is 0 Å². The zero-order chi connectivity index (χ0) is 15.0. The maximum absolute atomic E-state index is 13.4. The topological polar surface area (TPSA) is 44.1 Å². The number of imidazole rings is 1. The lowest BCUT2D eigenvalue weighted by atomic mass is 9.85. The Kier molecular flexibility index (Phi) is 3.43. The summed E-state index contributed by atoms with van der Waals surface area (Å²) in [5.41, 5.74) is 0.741. The third-order valence-corrected chi connectivity index (χ3v) is 4.39. The molecule has 1 saturated carbocycles. The molecular weight excluding hydrogens is 271 g/mol. The molecule has 1 fully saturated rings. The predicted octanol–water partition coefficient (Wildman–Crippen LogP) is 3.09. The Morgan fingerprint density at radius 2 is 2.14 bits per heavy atom. The van der Waals surface area contributed by atoms with Crippen molar-refractivity contribution in [3.63, 3.8) is 0 Å². The molecule has 0 unspecified atom stereocenters. The molecule has 21 heavy (non-hydrogen) atoms. The van der Waals surface area contributed by atoms with Crippen molar-refractivity contribution >= 4 is 17.0 Å². The van der Waals surface area contributed by atoms with E-state index < -0.39 is 5.41 Å². The number of ether oxygens (including phenoxy) is 1. The van der Waals surface area contributed by atoms with Crippen LogP contribution in [0.4, 0.5) is 4.39 Å². The second-order valence-electron chi connectivity index (χ2n) is 5.64. The van der Waals surface area contributed by atoms with Gasteiger partial charge in [-0.25, -0.2) is 9.37 Å². The smallest absolute Gasteiger partial charge is 0.319 e. The van der Waals surface area contributed by atoms with Gasteiger partial charge in [-0.3, -0.25) is 4.79 Å². The molecule has 0 aliphatic heterocycles. The Morgan fingerprint density at radius 1 is 1.43 bits per heavy atom. The highest BCUT2D eigenvalue weighted by molar-refractivity contribution is 5.85. The molecule has 4 nitrogen and oxygen atoms in total. The second kappa shape index (κ2) is 5.13. The number of halogens is 1. The number of benzene rings is 1. The summed E-state index contributed by atoms with van der Waals surface area (Å²) in [5, 5.41) is 0.